The molecule has 1 atom stereocenters. The molecule has 6 heteroatoms. The van der Waals surface area contributed by atoms with Crippen molar-refractivity contribution in [2.24, 2.45) is 5.73 Å². The van der Waals surface area contributed by atoms with Crippen LogP contribution in [0.1, 0.15) is 29.0 Å². The Kier molecular flexibility index (Phi) is 3.71. The maximum absolute atomic E-state index is 12.1. The summed E-state index contributed by atoms with van der Waals surface area (Å²) in [7, 11) is 0. The first-order valence-electron chi connectivity index (χ1n) is 4.17. The summed E-state index contributed by atoms with van der Waals surface area (Å²) < 4.78 is 24.1. The molecule has 0 aromatic carbocycles. The highest BCUT2D eigenvalue weighted by molar-refractivity contribution is 6.31. The molecule has 0 bridgehead atoms. The van der Waals surface area contributed by atoms with Crippen molar-refractivity contribution in [3.8, 4) is 0 Å². The van der Waals surface area contributed by atoms with Crippen molar-refractivity contribution >= 4 is 17.4 Å². The van der Waals surface area contributed by atoms with Gasteiger partial charge in [0.1, 0.15) is 0 Å². The fraction of sp³-hybridized carbons (Fsp3) is 0.333. The van der Waals surface area contributed by atoms with E-state index in [1.54, 1.807) is 6.92 Å². The van der Waals surface area contributed by atoms with E-state index >= 15 is 0 Å². The van der Waals surface area contributed by atoms with Gasteiger partial charge in [0.25, 0.3) is 0 Å². The molecule has 2 N–H and O–H groups in total. The molecule has 15 heavy (non-hydrogen) atoms. The van der Waals surface area contributed by atoms with Gasteiger partial charge in [-0.25, -0.2) is 8.78 Å². The van der Waals surface area contributed by atoms with Crippen molar-refractivity contribution in [1.29, 1.82) is 0 Å². The van der Waals surface area contributed by atoms with Crippen LogP contribution in [0.3, 0.4) is 0 Å². The second-order valence-electron chi connectivity index (χ2n) is 3.04. The molecule has 0 saturated carbocycles. The summed E-state index contributed by atoms with van der Waals surface area (Å²) in [5.41, 5.74) is 5.69. The number of rotatable bonds is 3. The Morgan fingerprint density at radius 3 is 2.60 bits per heavy atom. The standard InChI is InChI=1S/C9H9ClF2N2O/c1-4(13)7-6(10)2-5(3-14-7)8(15)9(11)12/h2-4,9H,13H2,1H3/t4-/m0/s1. The number of Topliss-reactive ketones (excluding diaryl/α,β-unsaturated/α-hetero) is 1. The van der Waals surface area contributed by atoms with Crippen LogP contribution in [-0.2, 0) is 0 Å². The summed E-state index contributed by atoms with van der Waals surface area (Å²) in [6.07, 6.45) is -2.00. The maximum Gasteiger partial charge on any atom is 0.300 e. The zero-order valence-corrected chi connectivity index (χ0v) is 8.63. The summed E-state index contributed by atoms with van der Waals surface area (Å²) in [5, 5.41) is 0.122. The highest BCUT2D eigenvalue weighted by Gasteiger charge is 2.19. The predicted octanol–water partition coefficient (Wildman–Crippen LogP) is 2.20. The third-order valence-corrected chi connectivity index (χ3v) is 2.09. The number of nitrogens with two attached hydrogens (primary N) is 1. The van der Waals surface area contributed by atoms with Gasteiger partial charge in [0.2, 0.25) is 5.78 Å². The van der Waals surface area contributed by atoms with Gasteiger partial charge in [-0.1, -0.05) is 11.6 Å². The summed E-state index contributed by atoms with van der Waals surface area (Å²) in [6, 6.07) is 0.745. The molecule has 0 aliphatic rings. The minimum Gasteiger partial charge on any atom is -0.323 e. The number of hydrogen-bond acceptors (Lipinski definition) is 3. The molecule has 1 aromatic heterocycles. The first-order chi connectivity index (χ1) is 6.93. The predicted molar refractivity (Wildman–Crippen MR) is 52.2 cm³/mol. The van der Waals surface area contributed by atoms with Crippen molar-refractivity contribution in [3.05, 3.63) is 28.5 Å². The molecule has 0 aliphatic carbocycles. The number of nitrogens with zero attached hydrogens (tertiary/aromatic N) is 1. The van der Waals surface area contributed by atoms with Gasteiger partial charge >= 0.3 is 6.43 Å². The smallest absolute Gasteiger partial charge is 0.300 e. The highest BCUT2D eigenvalue weighted by atomic mass is 35.5. The van der Waals surface area contributed by atoms with Crippen molar-refractivity contribution in [2.45, 2.75) is 19.4 Å². The first kappa shape index (κ1) is 12.0. The van der Waals surface area contributed by atoms with Gasteiger partial charge < -0.3 is 5.73 Å². The first-order valence-corrected chi connectivity index (χ1v) is 4.54. The second kappa shape index (κ2) is 4.63. The normalized spacial score (nSPS) is 12.9. The van der Waals surface area contributed by atoms with Crippen LogP contribution in [0, 0.1) is 0 Å². The Balaban J connectivity index is 3.07. The van der Waals surface area contributed by atoms with Gasteiger partial charge in [-0.3, -0.25) is 9.78 Å². The van der Waals surface area contributed by atoms with E-state index in [1.165, 1.54) is 0 Å². The highest BCUT2D eigenvalue weighted by Crippen LogP contribution is 2.21. The van der Waals surface area contributed by atoms with E-state index in [2.05, 4.69) is 4.98 Å². The van der Waals surface area contributed by atoms with Crippen molar-refractivity contribution < 1.29 is 13.6 Å². The molecule has 0 aliphatic heterocycles. The molecule has 82 valence electrons. The lowest BCUT2D eigenvalue weighted by atomic mass is 10.1. The number of pyridine rings is 1. The molecule has 0 fully saturated rings. The van der Waals surface area contributed by atoms with Crippen LogP contribution in [0.5, 0.6) is 0 Å². The summed E-state index contributed by atoms with van der Waals surface area (Å²) >= 11 is 5.73. The number of carbonyl (C=O) groups excluding carboxylic acids is 1. The van der Waals surface area contributed by atoms with E-state index in [1.807, 2.05) is 0 Å². The Hall–Kier alpha value is -1.07. The summed E-state index contributed by atoms with van der Waals surface area (Å²) in [4.78, 5) is 14.7. The van der Waals surface area contributed by atoms with Gasteiger partial charge in [0.15, 0.2) is 0 Å². The molecular weight excluding hydrogens is 226 g/mol. The molecule has 0 saturated heterocycles. The third kappa shape index (κ3) is 2.70. The largest absolute Gasteiger partial charge is 0.323 e. The molecule has 1 aromatic rings. The summed E-state index contributed by atoms with van der Waals surface area (Å²) in [6.45, 7) is 1.66. The Bertz CT molecular complexity index is 382. The van der Waals surface area contributed by atoms with Crippen molar-refractivity contribution in [1.82, 2.24) is 4.98 Å². The molecule has 3 nitrogen and oxygen atoms in total. The van der Waals surface area contributed by atoms with Crippen LogP contribution in [0.25, 0.3) is 0 Å². The van der Waals surface area contributed by atoms with Crippen LogP contribution in [-0.4, -0.2) is 17.2 Å². The van der Waals surface area contributed by atoms with Crippen LogP contribution >= 0.6 is 11.6 Å². The molecular formula is C9H9ClF2N2O. The third-order valence-electron chi connectivity index (χ3n) is 1.78. The van der Waals surface area contributed by atoms with Crippen LogP contribution in [0.15, 0.2) is 12.3 Å². The lowest BCUT2D eigenvalue weighted by Crippen LogP contribution is -2.13. The summed E-state index contributed by atoms with van der Waals surface area (Å²) in [5.74, 6) is -1.29. The number of ketones is 1. The van der Waals surface area contributed by atoms with Gasteiger partial charge in [0, 0.05) is 17.8 Å². The molecule has 1 rings (SSSR count). The monoisotopic (exact) mass is 234 g/mol. The Labute approximate surface area is 90.2 Å². The van der Waals surface area contributed by atoms with Gasteiger partial charge in [-0.05, 0) is 13.0 Å². The topological polar surface area (TPSA) is 56.0 Å². The van der Waals surface area contributed by atoms with Crippen LogP contribution in [0.4, 0.5) is 8.78 Å². The van der Waals surface area contributed by atoms with E-state index in [9.17, 15) is 13.6 Å². The zero-order chi connectivity index (χ0) is 11.6. The molecule has 1 heterocycles. The fourth-order valence-electron chi connectivity index (χ4n) is 1.04. The maximum atomic E-state index is 12.1. The zero-order valence-electron chi connectivity index (χ0n) is 7.88. The average molecular weight is 235 g/mol. The minimum absolute atomic E-state index is 0.122. The fourth-order valence-corrected chi connectivity index (χ4v) is 1.38. The van der Waals surface area contributed by atoms with Crippen LogP contribution < -0.4 is 5.73 Å². The molecule has 0 amide bonds. The van der Waals surface area contributed by atoms with E-state index < -0.39 is 18.3 Å². The average Bonchev–Trinajstić information content (AvgIpc) is 2.15. The van der Waals surface area contributed by atoms with Gasteiger partial charge in [-0.15, -0.1) is 0 Å². The van der Waals surface area contributed by atoms with Crippen molar-refractivity contribution in [2.75, 3.05) is 0 Å². The Morgan fingerprint density at radius 1 is 1.60 bits per heavy atom. The van der Waals surface area contributed by atoms with Crippen molar-refractivity contribution in [3.63, 3.8) is 0 Å². The van der Waals surface area contributed by atoms with E-state index in [4.69, 9.17) is 17.3 Å². The second-order valence-corrected chi connectivity index (χ2v) is 3.45. The minimum atomic E-state index is -3.05. The number of aromatic nitrogens is 1. The Morgan fingerprint density at radius 2 is 2.20 bits per heavy atom. The SMILES string of the molecule is C[C@H](N)c1ncc(C(=O)C(F)F)cc1Cl. The quantitative estimate of drug-likeness (QED) is 0.816. The van der Waals surface area contributed by atoms with Gasteiger partial charge in [0.05, 0.1) is 10.7 Å². The van der Waals surface area contributed by atoms with E-state index in [0.717, 1.165) is 12.3 Å². The molecule has 0 radical (unpaired) electrons. The lowest BCUT2D eigenvalue weighted by Gasteiger charge is -2.08. The number of halogens is 3. The number of hydrogen-bond donors (Lipinski definition) is 1. The number of carbonyl (C=O) groups is 1. The molecule has 0 unspecified atom stereocenters. The molecule has 0 spiro atoms. The van der Waals surface area contributed by atoms with E-state index in [-0.39, 0.29) is 10.6 Å². The number of alkyl halides is 2. The van der Waals surface area contributed by atoms with E-state index in [0.29, 0.717) is 5.69 Å². The van der Waals surface area contributed by atoms with Gasteiger partial charge in [-0.2, -0.15) is 0 Å². The lowest BCUT2D eigenvalue weighted by molar-refractivity contribution is 0.0678. The van der Waals surface area contributed by atoms with Crippen LogP contribution in [0.2, 0.25) is 5.02 Å².